The minimum absolute atomic E-state index is 0.0736. The van der Waals surface area contributed by atoms with Crippen molar-refractivity contribution in [2.45, 2.75) is 6.92 Å². The molecule has 0 unspecified atom stereocenters. The van der Waals surface area contributed by atoms with E-state index in [-0.39, 0.29) is 5.78 Å². The molecular formula is C17H14N2O. The average Bonchev–Trinajstić information content (AvgIpc) is 2.97. The summed E-state index contributed by atoms with van der Waals surface area (Å²) >= 11 is 0. The van der Waals surface area contributed by atoms with Gasteiger partial charge < -0.3 is 4.98 Å². The van der Waals surface area contributed by atoms with Crippen molar-refractivity contribution in [3.05, 3.63) is 66.5 Å². The number of Topliss-reactive ketones (excluding diaryl/α,β-unsaturated/α-hetero) is 1. The fraction of sp³-hybridized carbons (Fsp3) is 0.0588. The van der Waals surface area contributed by atoms with E-state index in [1.165, 1.54) is 0 Å². The van der Waals surface area contributed by atoms with E-state index in [0.29, 0.717) is 0 Å². The van der Waals surface area contributed by atoms with Crippen LogP contribution >= 0.6 is 0 Å². The van der Waals surface area contributed by atoms with Gasteiger partial charge in [0.2, 0.25) is 0 Å². The zero-order valence-electron chi connectivity index (χ0n) is 11.1. The van der Waals surface area contributed by atoms with Crippen LogP contribution in [0.1, 0.15) is 17.3 Å². The summed E-state index contributed by atoms with van der Waals surface area (Å²) in [6, 6.07) is 17.6. The molecule has 3 nitrogen and oxygen atoms in total. The van der Waals surface area contributed by atoms with Gasteiger partial charge in [0.15, 0.2) is 5.78 Å². The molecule has 0 fully saturated rings. The number of aromatic nitrogens is 2. The molecule has 0 radical (unpaired) electrons. The maximum Gasteiger partial charge on any atom is 0.159 e. The number of imidazole rings is 1. The van der Waals surface area contributed by atoms with Gasteiger partial charge in [-0.2, -0.15) is 0 Å². The first-order valence-corrected chi connectivity index (χ1v) is 6.46. The van der Waals surface area contributed by atoms with Crippen LogP contribution in [0.5, 0.6) is 0 Å². The third-order valence-corrected chi connectivity index (χ3v) is 3.27. The van der Waals surface area contributed by atoms with E-state index in [4.69, 9.17) is 0 Å². The summed E-state index contributed by atoms with van der Waals surface area (Å²) in [5.74, 6) is 0.0736. The number of hydrogen-bond acceptors (Lipinski definition) is 2. The van der Waals surface area contributed by atoms with Crippen molar-refractivity contribution < 1.29 is 4.79 Å². The Morgan fingerprint density at radius 3 is 2.30 bits per heavy atom. The Kier molecular flexibility index (Phi) is 3.17. The molecular weight excluding hydrogens is 248 g/mol. The lowest BCUT2D eigenvalue weighted by molar-refractivity contribution is 0.101. The summed E-state index contributed by atoms with van der Waals surface area (Å²) < 4.78 is 0. The fourth-order valence-corrected chi connectivity index (χ4v) is 2.20. The van der Waals surface area contributed by atoms with Gasteiger partial charge in [0.1, 0.15) is 0 Å². The predicted octanol–water partition coefficient (Wildman–Crippen LogP) is 3.95. The molecule has 1 N–H and O–H groups in total. The van der Waals surface area contributed by atoms with Crippen molar-refractivity contribution in [3.8, 4) is 22.5 Å². The van der Waals surface area contributed by atoms with Gasteiger partial charge in [-0.05, 0) is 6.92 Å². The highest BCUT2D eigenvalue weighted by Crippen LogP contribution is 2.28. The summed E-state index contributed by atoms with van der Waals surface area (Å²) in [6.07, 6.45) is 1.69. The number of nitrogens with one attached hydrogen (secondary N) is 1. The average molecular weight is 262 g/mol. The minimum atomic E-state index is 0.0736. The summed E-state index contributed by atoms with van der Waals surface area (Å²) in [5, 5.41) is 0. The number of aromatic amines is 1. The standard InChI is InChI=1S/C17H14N2O/c1-12(20)13-7-9-15(10-8-13)17-16(18-11-19-17)14-5-3-2-4-6-14/h2-11H,1H3,(H,18,19). The van der Waals surface area contributed by atoms with Crippen LogP contribution in [0.15, 0.2) is 60.9 Å². The Labute approximate surface area is 117 Å². The molecule has 2 aromatic carbocycles. The van der Waals surface area contributed by atoms with Gasteiger partial charge in [-0.15, -0.1) is 0 Å². The molecule has 0 saturated heterocycles. The maximum absolute atomic E-state index is 11.3. The van der Waals surface area contributed by atoms with Crippen LogP contribution in [0.4, 0.5) is 0 Å². The van der Waals surface area contributed by atoms with E-state index in [2.05, 4.69) is 9.97 Å². The zero-order chi connectivity index (χ0) is 13.9. The van der Waals surface area contributed by atoms with Crippen molar-refractivity contribution in [3.63, 3.8) is 0 Å². The number of carbonyl (C=O) groups is 1. The van der Waals surface area contributed by atoms with E-state index in [1.54, 1.807) is 13.3 Å². The van der Waals surface area contributed by atoms with E-state index in [0.717, 1.165) is 28.1 Å². The van der Waals surface area contributed by atoms with Crippen LogP contribution < -0.4 is 0 Å². The smallest absolute Gasteiger partial charge is 0.159 e. The van der Waals surface area contributed by atoms with Gasteiger partial charge >= 0.3 is 0 Å². The second-order valence-electron chi connectivity index (χ2n) is 4.63. The fourth-order valence-electron chi connectivity index (χ4n) is 2.20. The second kappa shape index (κ2) is 5.13. The van der Waals surface area contributed by atoms with Gasteiger partial charge in [0.25, 0.3) is 0 Å². The second-order valence-corrected chi connectivity index (χ2v) is 4.63. The number of hydrogen-bond donors (Lipinski definition) is 1. The summed E-state index contributed by atoms with van der Waals surface area (Å²) in [7, 11) is 0. The molecule has 1 heterocycles. The van der Waals surface area contributed by atoms with Crippen molar-refractivity contribution in [1.82, 2.24) is 9.97 Å². The highest BCUT2D eigenvalue weighted by atomic mass is 16.1. The Morgan fingerprint density at radius 2 is 1.65 bits per heavy atom. The largest absolute Gasteiger partial charge is 0.344 e. The Balaban J connectivity index is 2.04. The molecule has 3 heteroatoms. The third kappa shape index (κ3) is 2.26. The van der Waals surface area contributed by atoms with Crippen molar-refractivity contribution >= 4 is 5.78 Å². The predicted molar refractivity (Wildman–Crippen MR) is 79.5 cm³/mol. The van der Waals surface area contributed by atoms with Crippen LogP contribution in [0.25, 0.3) is 22.5 Å². The lowest BCUT2D eigenvalue weighted by Crippen LogP contribution is -1.91. The lowest BCUT2D eigenvalue weighted by atomic mass is 10.0. The monoisotopic (exact) mass is 262 g/mol. The summed E-state index contributed by atoms with van der Waals surface area (Å²) in [5.41, 5.74) is 4.69. The van der Waals surface area contributed by atoms with Crippen LogP contribution in [0.2, 0.25) is 0 Å². The molecule has 20 heavy (non-hydrogen) atoms. The van der Waals surface area contributed by atoms with E-state index < -0.39 is 0 Å². The molecule has 0 atom stereocenters. The normalized spacial score (nSPS) is 10.4. The first-order valence-electron chi connectivity index (χ1n) is 6.46. The number of rotatable bonds is 3. The van der Waals surface area contributed by atoms with Crippen LogP contribution in [0.3, 0.4) is 0 Å². The number of carbonyl (C=O) groups excluding carboxylic acids is 1. The number of nitrogens with zero attached hydrogens (tertiary/aromatic N) is 1. The Morgan fingerprint density at radius 1 is 0.950 bits per heavy atom. The first-order chi connectivity index (χ1) is 9.75. The molecule has 98 valence electrons. The van der Waals surface area contributed by atoms with Crippen molar-refractivity contribution in [1.29, 1.82) is 0 Å². The molecule has 3 aromatic rings. The van der Waals surface area contributed by atoms with Crippen molar-refractivity contribution in [2.75, 3.05) is 0 Å². The van der Waals surface area contributed by atoms with Crippen molar-refractivity contribution in [2.24, 2.45) is 0 Å². The van der Waals surface area contributed by atoms with Gasteiger partial charge in [0.05, 0.1) is 17.7 Å². The molecule has 3 rings (SSSR count). The van der Waals surface area contributed by atoms with Crippen LogP contribution in [0, 0.1) is 0 Å². The molecule has 1 aromatic heterocycles. The summed E-state index contributed by atoms with van der Waals surface area (Å²) in [6.45, 7) is 1.57. The van der Waals surface area contributed by atoms with Gasteiger partial charge in [-0.1, -0.05) is 54.6 Å². The minimum Gasteiger partial charge on any atom is -0.344 e. The van der Waals surface area contributed by atoms with Gasteiger partial charge in [0, 0.05) is 16.7 Å². The zero-order valence-corrected chi connectivity index (χ0v) is 11.1. The maximum atomic E-state index is 11.3. The van der Waals surface area contributed by atoms with Crippen LogP contribution in [-0.4, -0.2) is 15.8 Å². The first kappa shape index (κ1) is 12.4. The highest BCUT2D eigenvalue weighted by Gasteiger charge is 2.10. The summed E-state index contributed by atoms with van der Waals surface area (Å²) in [4.78, 5) is 18.9. The van der Waals surface area contributed by atoms with E-state index in [9.17, 15) is 4.79 Å². The Bertz CT molecular complexity index is 727. The molecule has 0 spiro atoms. The third-order valence-electron chi connectivity index (χ3n) is 3.27. The molecule has 0 saturated carbocycles. The highest BCUT2D eigenvalue weighted by molar-refractivity contribution is 5.94. The number of H-pyrrole nitrogens is 1. The van der Waals surface area contributed by atoms with Gasteiger partial charge in [-0.25, -0.2) is 4.98 Å². The SMILES string of the molecule is CC(=O)c1ccc(-c2[nH]cnc2-c2ccccc2)cc1. The Hall–Kier alpha value is -2.68. The number of benzene rings is 2. The molecule has 0 aliphatic rings. The molecule has 0 amide bonds. The molecule has 0 aliphatic heterocycles. The van der Waals surface area contributed by atoms with E-state index >= 15 is 0 Å². The quantitative estimate of drug-likeness (QED) is 0.726. The molecule has 0 aliphatic carbocycles. The molecule has 0 bridgehead atoms. The van der Waals surface area contributed by atoms with E-state index in [1.807, 2.05) is 54.6 Å². The lowest BCUT2D eigenvalue weighted by Gasteiger charge is -2.04. The topological polar surface area (TPSA) is 45.8 Å². The van der Waals surface area contributed by atoms with Crippen LogP contribution in [-0.2, 0) is 0 Å². The van der Waals surface area contributed by atoms with Gasteiger partial charge in [-0.3, -0.25) is 4.79 Å². The number of ketones is 1.